The van der Waals surface area contributed by atoms with Crippen LogP contribution in [0.2, 0.25) is 0 Å². The highest BCUT2D eigenvalue weighted by Gasteiger charge is 2.38. The lowest BCUT2D eigenvalue weighted by molar-refractivity contribution is -0.135. The van der Waals surface area contributed by atoms with E-state index in [-0.39, 0.29) is 29.8 Å². The Bertz CT molecular complexity index is 2550. The van der Waals surface area contributed by atoms with Crippen LogP contribution >= 0.6 is 22.7 Å². The molecule has 16 heteroatoms. The molecule has 2 saturated heterocycles. The number of carbonyl (C=O) groups excluding carboxylic acids is 2. The Labute approximate surface area is 335 Å². The molecule has 0 spiro atoms. The van der Waals surface area contributed by atoms with Crippen LogP contribution in [0.15, 0.2) is 65.5 Å². The van der Waals surface area contributed by atoms with Crippen LogP contribution in [-0.4, -0.2) is 83.1 Å². The number of aromatic nitrogens is 4. The van der Waals surface area contributed by atoms with Crippen molar-refractivity contribution >= 4 is 67.1 Å². The average Bonchev–Trinajstić information content (AvgIpc) is 4.04. The third kappa shape index (κ3) is 7.55. The summed E-state index contributed by atoms with van der Waals surface area (Å²) in [5.74, 6) is 7.07. The number of nitrogens with one attached hydrogen (secondary N) is 4. The maximum Gasteiger partial charge on any atom is 0.405 e. The van der Waals surface area contributed by atoms with Crippen LogP contribution in [0.1, 0.15) is 86.1 Å². The fourth-order valence-corrected chi connectivity index (χ4v) is 10.2. The van der Waals surface area contributed by atoms with Gasteiger partial charge in [0.2, 0.25) is 5.91 Å². The van der Waals surface area contributed by atoms with E-state index in [0.29, 0.717) is 42.4 Å². The average molecular weight is 805 g/mol. The van der Waals surface area contributed by atoms with Gasteiger partial charge in [-0.3, -0.25) is 9.59 Å². The minimum atomic E-state index is -1.27. The van der Waals surface area contributed by atoms with Crippen LogP contribution in [-0.2, 0) is 9.59 Å². The molecule has 14 nitrogen and oxygen atoms in total. The van der Waals surface area contributed by atoms with Gasteiger partial charge in [-0.15, -0.1) is 22.7 Å². The van der Waals surface area contributed by atoms with E-state index in [0.717, 1.165) is 56.4 Å². The van der Waals surface area contributed by atoms with Gasteiger partial charge >= 0.3 is 12.2 Å². The molecule has 2 unspecified atom stereocenters. The third-order valence-corrected chi connectivity index (χ3v) is 12.7. The molecule has 8 rings (SSSR count). The number of thiophene rings is 2. The zero-order valence-corrected chi connectivity index (χ0v) is 32.7. The Morgan fingerprint density at radius 1 is 0.842 bits per heavy atom. The van der Waals surface area contributed by atoms with E-state index >= 15 is 0 Å². The molecule has 2 fully saturated rings. The van der Waals surface area contributed by atoms with E-state index in [1.807, 2.05) is 37.4 Å². The van der Waals surface area contributed by atoms with Gasteiger partial charge in [0.15, 0.2) is 0 Å². The lowest BCUT2D eigenvalue weighted by Gasteiger charge is -2.29. The van der Waals surface area contributed by atoms with Crippen LogP contribution in [0.5, 0.6) is 0 Å². The van der Waals surface area contributed by atoms with Gasteiger partial charge in [0.25, 0.3) is 5.91 Å². The number of carboxylic acid groups (broad SMARTS) is 2. The Balaban J connectivity index is 0.986. The number of H-pyrrole nitrogens is 2. The smallest absolute Gasteiger partial charge is 0.405 e. The minimum absolute atomic E-state index is 0.199. The van der Waals surface area contributed by atoms with Gasteiger partial charge in [-0.05, 0) is 60.8 Å². The number of hydrogen-bond donors (Lipinski definition) is 6. The molecule has 4 atom stereocenters. The van der Waals surface area contributed by atoms with Crippen molar-refractivity contribution in [2.24, 2.45) is 5.92 Å². The van der Waals surface area contributed by atoms with Gasteiger partial charge in [-0.25, -0.2) is 19.6 Å². The molecule has 2 aromatic carbocycles. The van der Waals surface area contributed by atoms with E-state index in [1.54, 1.807) is 62.9 Å². The largest absolute Gasteiger partial charge is 0.465 e. The Morgan fingerprint density at radius 3 is 2.26 bits per heavy atom. The monoisotopic (exact) mass is 804 g/mol. The normalized spacial score (nSPS) is 17.8. The van der Waals surface area contributed by atoms with Crippen LogP contribution in [0, 0.1) is 17.8 Å². The van der Waals surface area contributed by atoms with Gasteiger partial charge in [0.05, 0.1) is 44.3 Å². The molecule has 6 aromatic rings. The number of benzene rings is 2. The van der Waals surface area contributed by atoms with Crippen LogP contribution in [0.4, 0.5) is 9.59 Å². The van der Waals surface area contributed by atoms with Crippen molar-refractivity contribution < 1.29 is 29.4 Å². The SMILES string of the molecule is CC(C)[C@@H](NC(=O)O)C(=O)N1CCCC1c1nc2ccc(-c3csc4c(C#Cc5cnc(C6CCCN6C(=O)[C@H](NC(=O)O)c6ccccc6)[nH]5)csc34)cc2[nH]1. The number of fused-ring (bicyclic) bond motifs is 2. The van der Waals surface area contributed by atoms with Crippen molar-refractivity contribution in [2.75, 3.05) is 13.1 Å². The van der Waals surface area contributed by atoms with Crippen molar-refractivity contribution in [1.82, 2.24) is 40.4 Å². The van der Waals surface area contributed by atoms with Crippen molar-refractivity contribution in [2.45, 2.75) is 63.7 Å². The first-order valence-electron chi connectivity index (χ1n) is 18.8. The summed E-state index contributed by atoms with van der Waals surface area (Å²) < 4.78 is 2.20. The summed E-state index contributed by atoms with van der Waals surface area (Å²) in [6, 6.07) is 12.5. The van der Waals surface area contributed by atoms with Crippen molar-refractivity contribution in [3.05, 3.63) is 94.0 Å². The Hall–Kier alpha value is -6.18. The van der Waals surface area contributed by atoms with E-state index in [1.165, 1.54) is 0 Å². The number of nitrogens with zero attached hydrogens (tertiary/aromatic N) is 4. The molecule has 292 valence electrons. The lowest BCUT2D eigenvalue weighted by atomic mass is 10.0. The summed E-state index contributed by atoms with van der Waals surface area (Å²) in [4.78, 5) is 69.8. The van der Waals surface area contributed by atoms with E-state index in [2.05, 4.69) is 48.9 Å². The first-order chi connectivity index (χ1) is 27.5. The zero-order valence-electron chi connectivity index (χ0n) is 31.1. The molecule has 0 radical (unpaired) electrons. The molecule has 57 heavy (non-hydrogen) atoms. The van der Waals surface area contributed by atoms with Crippen molar-refractivity contribution in [3.63, 3.8) is 0 Å². The zero-order chi connectivity index (χ0) is 39.8. The highest BCUT2D eigenvalue weighted by molar-refractivity contribution is 7.27. The molecular formula is C41H40N8O6S2. The second-order valence-corrected chi connectivity index (χ2v) is 16.3. The summed E-state index contributed by atoms with van der Waals surface area (Å²) in [5.41, 5.74) is 5.85. The first kappa shape index (κ1) is 37.7. The van der Waals surface area contributed by atoms with Gasteiger partial charge in [0, 0.05) is 29.4 Å². The second-order valence-electron chi connectivity index (χ2n) is 14.6. The maximum atomic E-state index is 13.7. The molecule has 0 aliphatic carbocycles. The molecule has 0 bridgehead atoms. The van der Waals surface area contributed by atoms with E-state index in [4.69, 9.17) is 4.98 Å². The van der Waals surface area contributed by atoms with Gasteiger partial charge in [0.1, 0.15) is 29.4 Å². The summed E-state index contributed by atoms with van der Waals surface area (Å²) in [7, 11) is 0. The number of likely N-dealkylation sites (tertiary alicyclic amines) is 2. The van der Waals surface area contributed by atoms with Gasteiger partial charge in [-0.2, -0.15) is 0 Å². The first-order valence-corrected chi connectivity index (χ1v) is 20.5. The van der Waals surface area contributed by atoms with E-state index in [9.17, 15) is 29.4 Å². The summed E-state index contributed by atoms with van der Waals surface area (Å²) >= 11 is 3.25. The summed E-state index contributed by atoms with van der Waals surface area (Å²) in [6.45, 7) is 4.69. The van der Waals surface area contributed by atoms with Crippen LogP contribution in [0.25, 0.3) is 31.6 Å². The standard InChI is InChI=1S/C41H40N8O6S2/c1-22(2)32(46-40(52)53)38(50)49-17-7-11-31(49)37-44-28-15-13-24(18-29(28)45-37)27-21-57-34-25(20-56-35(27)34)12-14-26-19-42-36(43-26)30-10-6-16-48(30)39(51)33(47-41(54)55)23-8-4-3-5-9-23/h3-5,8-9,13,15,18-22,30-33,46-47H,6-7,10-11,16-17H2,1-2H3,(H,42,43)(H,44,45)(H,52,53)(H,54,55)/t30?,31?,32-,33-/m1/s1. The van der Waals surface area contributed by atoms with Crippen LogP contribution < -0.4 is 10.6 Å². The predicted octanol–water partition coefficient (Wildman–Crippen LogP) is 7.26. The number of imidazole rings is 2. The number of aromatic amines is 2. The topological polar surface area (TPSA) is 197 Å². The quantitative estimate of drug-likeness (QED) is 0.0822. The van der Waals surface area contributed by atoms with E-state index < -0.39 is 24.3 Å². The van der Waals surface area contributed by atoms with Gasteiger partial charge < -0.3 is 40.6 Å². The number of carbonyl (C=O) groups is 4. The predicted molar refractivity (Wildman–Crippen MR) is 217 cm³/mol. The summed E-state index contributed by atoms with van der Waals surface area (Å²) in [5, 5.41) is 27.8. The lowest BCUT2D eigenvalue weighted by Crippen LogP contribution is -2.50. The van der Waals surface area contributed by atoms with Crippen molar-refractivity contribution in [3.8, 4) is 23.0 Å². The highest BCUT2D eigenvalue weighted by Crippen LogP contribution is 2.41. The molecule has 2 aliphatic rings. The Kier molecular flexibility index (Phi) is 10.4. The number of hydrogen-bond acceptors (Lipinski definition) is 8. The molecule has 4 aromatic heterocycles. The Morgan fingerprint density at radius 2 is 1.54 bits per heavy atom. The minimum Gasteiger partial charge on any atom is -0.465 e. The molecule has 0 saturated carbocycles. The fraction of sp³-hybridized carbons (Fsp3) is 0.317. The number of amides is 4. The molecule has 6 N–H and O–H groups in total. The highest BCUT2D eigenvalue weighted by atomic mass is 32.1. The van der Waals surface area contributed by atoms with Crippen LogP contribution in [0.3, 0.4) is 0 Å². The second kappa shape index (κ2) is 15.8. The fourth-order valence-electron chi connectivity index (χ4n) is 7.84. The maximum absolute atomic E-state index is 13.7. The van der Waals surface area contributed by atoms with Crippen molar-refractivity contribution in [1.29, 1.82) is 0 Å². The molecule has 6 heterocycles. The molecular weight excluding hydrogens is 765 g/mol. The molecule has 2 aliphatic heterocycles. The number of rotatable bonds is 9. The summed E-state index contributed by atoms with van der Waals surface area (Å²) in [6.07, 6.45) is 2.18. The third-order valence-electron chi connectivity index (χ3n) is 10.6. The molecule has 4 amide bonds. The van der Waals surface area contributed by atoms with Gasteiger partial charge in [-0.1, -0.05) is 56.2 Å².